The van der Waals surface area contributed by atoms with Gasteiger partial charge in [0.15, 0.2) is 0 Å². The summed E-state index contributed by atoms with van der Waals surface area (Å²) in [6.07, 6.45) is 46.2. The number of hydrogen-bond acceptors (Lipinski definition) is 3. The molecule has 0 aromatic heterocycles. The third-order valence-electron chi connectivity index (χ3n) is 8.93. The van der Waals surface area contributed by atoms with Crippen LogP contribution in [-0.4, -0.2) is 23.1 Å². The summed E-state index contributed by atoms with van der Waals surface area (Å²) in [5, 5.41) is 8.81. The fourth-order valence-corrected chi connectivity index (χ4v) is 5.99. The van der Waals surface area contributed by atoms with Gasteiger partial charge in [-0.2, -0.15) is 0 Å². The van der Waals surface area contributed by atoms with Crippen LogP contribution in [-0.2, 0) is 14.3 Å². The number of carboxylic acid groups (broad SMARTS) is 1. The smallest absolute Gasteiger partial charge is 0.306 e. The van der Waals surface area contributed by atoms with Gasteiger partial charge in [-0.05, 0) is 64.2 Å². The number of carbonyl (C=O) groups is 2. The number of rotatable bonds is 36. The molecule has 0 amide bonds. The van der Waals surface area contributed by atoms with Crippen molar-refractivity contribution in [2.45, 2.75) is 225 Å². The maximum absolute atomic E-state index is 12.6. The Kier molecular flexibility index (Phi) is 35.6. The minimum atomic E-state index is -0.705. The predicted molar refractivity (Wildman–Crippen MR) is 195 cm³/mol. The lowest BCUT2D eigenvalue weighted by molar-refractivity contribution is -0.150. The van der Waals surface area contributed by atoms with Crippen molar-refractivity contribution in [3.8, 4) is 0 Å². The number of hydrogen-bond donors (Lipinski definition) is 1. The van der Waals surface area contributed by atoms with E-state index in [1.165, 1.54) is 116 Å². The third kappa shape index (κ3) is 36.8. The molecule has 0 spiro atoms. The zero-order valence-electron chi connectivity index (χ0n) is 30.2. The molecule has 4 heteroatoms. The Hall–Kier alpha value is -1.58. The number of unbranched alkanes of at least 4 members (excludes halogenated alkanes) is 23. The van der Waals surface area contributed by atoms with Gasteiger partial charge in [-0.3, -0.25) is 9.59 Å². The van der Waals surface area contributed by atoms with Crippen molar-refractivity contribution in [1.82, 2.24) is 0 Å². The lowest BCUT2D eigenvalue weighted by Crippen LogP contribution is -2.18. The summed E-state index contributed by atoms with van der Waals surface area (Å²) in [4.78, 5) is 23.4. The molecule has 0 aromatic carbocycles. The SMILES string of the molecule is CCCCCCC/C=C\C/C=C\CCCC(CCCCCCCC(=O)O)OC(=O)CCCCCCCCCCCCCCCC. The van der Waals surface area contributed by atoms with E-state index in [0.717, 1.165) is 77.0 Å². The molecule has 4 nitrogen and oxygen atoms in total. The quantitative estimate of drug-likeness (QED) is 0.0424. The average Bonchev–Trinajstić information content (AvgIpc) is 3.02. The minimum Gasteiger partial charge on any atom is -0.481 e. The highest BCUT2D eigenvalue weighted by molar-refractivity contribution is 5.69. The van der Waals surface area contributed by atoms with E-state index in [1.54, 1.807) is 0 Å². The minimum absolute atomic E-state index is 0.0177. The van der Waals surface area contributed by atoms with Gasteiger partial charge in [-0.1, -0.05) is 167 Å². The maximum atomic E-state index is 12.6. The van der Waals surface area contributed by atoms with Crippen molar-refractivity contribution in [3.63, 3.8) is 0 Å². The Morgan fingerprint density at radius 3 is 1.40 bits per heavy atom. The van der Waals surface area contributed by atoms with Crippen LogP contribution in [0.4, 0.5) is 0 Å². The van der Waals surface area contributed by atoms with Crippen LogP contribution in [0.3, 0.4) is 0 Å². The van der Waals surface area contributed by atoms with E-state index in [4.69, 9.17) is 9.84 Å². The van der Waals surface area contributed by atoms with Gasteiger partial charge in [-0.25, -0.2) is 0 Å². The van der Waals surface area contributed by atoms with E-state index in [1.807, 2.05) is 0 Å². The molecule has 0 aromatic rings. The molecule has 0 rings (SSSR count). The second-order valence-corrected chi connectivity index (χ2v) is 13.5. The van der Waals surface area contributed by atoms with Crippen LogP contribution < -0.4 is 0 Å². The van der Waals surface area contributed by atoms with Gasteiger partial charge < -0.3 is 9.84 Å². The molecule has 0 saturated carbocycles. The molecule has 0 aliphatic rings. The van der Waals surface area contributed by atoms with E-state index in [2.05, 4.69) is 38.2 Å². The summed E-state index contributed by atoms with van der Waals surface area (Å²) in [6, 6.07) is 0. The summed E-state index contributed by atoms with van der Waals surface area (Å²) in [5.41, 5.74) is 0. The van der Waals surface area contributed by atoms with Gasteiger partial charge in [0.05, 0.1) is 0 Å². The molecule has 1 N–H and O–H groups in total. The molecule has 0 aliphatic heterocycles. The first kappa shape index (κ1) is 43.4. The van der Waals surface area contributed by atoms with Crippen LogP contribution in [0.25, 0.3) is 0 Å². The highest BCUT2D eigenvalue weighted by Gasteiger charge is 2.14. The largest absolute Gasteiger partial charge is 0.481 e. The number of allylic oxidation sites excluding steroid dienone is 4. The number of ether oxygens (including phenoxy) is 1. The molecule has 0 heterocycles. The summed E-state index contributed by atoms with van der Waals surface area (Å²) in [6.45, 7) is 4.54. The van der Waals surface area contributed by atoms with Gasteiger partial charge in [0, 0.05) is 12.8 Å². The first-order valence-corrected chi connectivity index (χ1v) is 19.8. The van der Waals surface area contributed by atoms with Crippen LogP contribution in [0.2, 0.25) is 0 Å². The van der Waals surface area contributed by atoms with E-state index < -0.39 is 5.97 Å². The van der Waals surface area contributed by atoms with Crippen LogP contribution >= 0.6 is 0 Å². The van der Waals surface area contributed by atoms with Crippen molar-refractivity contribution >= 4 is 11.9 Å². The molecular weight excluding hydrogens is 556 g/mol. The predicted octanol–water partition coefficient (Wildman–Crippen LogP) is 13.6. The first-order valence-electron chi connectivity index (χ1n) is 19.8. The molecular formula is C41H76O4. The number of esters is 1. The fraction of sp³-hybridized carbons (Fsp3) is 0.854. The standard InChI is InChI=1S/C41H76O4/c1-3-5-7-9-11-13-15-17-19-21-23-25-30-34-38-41(44)45-39(36-32-28-26-29-33-37-40(42)43)35-31-27-24-22-20-18-16-14-12-10-8-6-4-2/h16,18,22,24,39H,3-15,17,19-21,23,25-38H2,1-2H3,(H,42,43)/b18-16-,24-22-. The molecule has 264 valence electrons. The van der Waals surface area contributed by atoms with Crippen LogP contribution in [0.1, 0.15) is 219 Å². The topological polar surface area (TPSA) is 63.6 Å². The molecule has 0 aliphatic carbocycles. The lowest BCUT2D eigenvalue weighted by atomic mass is 10.0. The maximum Gasteiger partial charge on any atom is 0.306 e. The Balaban J connectivity index is 4.09. The number of aliphatic carboxylic acids is 1. The highest BCUT2D eigenvalue weighted by atomic mass is 16.5. The molecule has 0 radical (unpaired) electrons. The number of carboxylic acids is 1. The van der Waals surface area contributed by atoms with Crippen LogP contribution in [0.5, 0.6) is 0 Å². The summed E-state index contributed by atoms with van der Waals surface area (Å²) >= 11 is 0. The zero-order chi connectivity index (χ0) is 32.9. The molecule has 0 saturated heterocycles. The monoisotopic (exact) mass is 633 g/mol. The van der Waals surface area contributed by atoms with Gasteiger partial charge in [0.25, 0.3) is 0 Å². The summed E-state index contributed by atoms with van der Waals surface area (Å²) in [7, 11) is 0. The van der Waals surface area contributed by atoms with Crippen molar-refractivity contribution in [2.24, 2.45) is 0 Å². The molecule has 1 atom stereocenters. The Bertz CT molecular complexity index is 683. The Morgan fingerprint density at radius 2 is 0.889 bits per heavy atom. The normalized spacial score (nSPS) is 12.4. The van der Waals surface area contributed by atoms with Crippen molar-refractivity contribution in [3.05, 3.63) is 24.3 Å². The van der Waals surface area contributed by atoms with Crippen LogP contribution in [0.15, 0.2) is 24.3 Å². The van der Waals surface area contributed by atoms with E-state index in [0.29, 0.717) is 6.42 Å². The molecule has 0 bridgehead atoms. The molecule has 45 heavy (non-hydrogen) atoms. The van der Waals surface area contributed by atoms with Crippen molar-refractivity contribution in [2.75, 3.05) is 0 Å². The van der Waals surface area contributed by atoms with E-state index >= 15 is 0 Å². The molecule has 1 unspecified atom stereocenters. The summed E-state index contributed by atoms with van der Waals surface area (Å²) < 4.78 is 5.98. The van der Waals surface area contributed by atoms with Crippen LogP contribution in [0, 0.1) is 0 Å². The second-order valence-electron chi connectivity index (χ2n) is 13.5. The second kappa shape index (κ2) is 36.9. The van der Waals surface area contributed by atoms with Gasteiger partial charge >= 0.3 is 11.9 Å². The highest BCUT2D eigenvalue weighted by Crippen LogP contribution is 2.18. The van der Waals surface area contributed by atoms with Gasteiger partial charge in [-0.15, -0.1) is 0 Å². The average molecular weight is 633 g/mol. The first-order chi connectivity index (χ1) is 22.1. The Morgan fingerprint density at radius 1 is 0.489 bits per heavy atom. The van der Waals surface area contributed by atoms with Crippen molar-refractivity contribution < 1.29 is 19.4 Å². The van der Waals surface area contributed by atoms with E-state index in [-0.39, 0.29) is 18.5 Å². The number of carbonyl (C=O) groups excluding carboxylic acids is 1. The Labute approximate surface area is 280 Å². The summed E-state index contributed by atoms with van der Waals surface area (Å²) in [5.74, 6) is -0.723. The fourth-order valence-electron chi connectivity index (χ4n) is 5.99. The van der Waals surface area contributed by atoms with Gasteiger partial charge in [0.2, 0.25) is 0 Å². The third-order valence-corrected chi connectivity index (χ3v) is 8.93. The molecule has 0 fully saturated rings. The van der Waals surface area contributed by atoms with E-state index in [9.17, 15) is 9.59 Å². The van der Waals surface area contributed by atoms with Crippen molar-refractivity contribution in [1.29, 1.82) is 0 Å². The zero-order valence-corrected chi connectivity index (χ0v) is 30.2. The van der Waals surface area contributed by atoms with Gasteiger partial charge in [0.1, 0.15) is 6.10 Å². The lowest BCUT2D eigenvalue weighted by Gasteiger charge is -2.18.